The molecule has 0 radical (unpaired) electrons. The second kappa shape index (κ2) is 4.38. The normalized spacial score (nSPS) is 14.9. The van der Waals surface area contributed by atoms with E-state index < -0.39 is 10.0 Å². The molecule has 1 rings (SSSR count). The molecule has 7 heteroatoms. The van der Waals surface area contributed by atoms with E-state index >= 15 is 0 Å². The van der Waals surface area contributed by atoms with Crippen molar-refractivity contribution in [1.29, 1.82) is 0 Å². The highest BCUT2D eigenvalue weighted by molar-refractivity contribution is 7.89. The number of aromatic nitrogens is 3. The van der Waals surface area contributed by atoms with Gasteiger partial charge in [0.2, 0.25) is 0 Å². The summed E-state index contributed by atoms with van der Waals surface area (Å²) in [5.74, 6) is 0.996. The highest BCUT2D eigenvalue weighted by atomic mass is 32.2. The fraction of sp³-hybridized carbons (Fsp3) is 0.800. The van der Waals surface area contributed by atoms with E-state index in [-0.39, 0.29) is 10.6 Å². The number of hydrogen-bond donors (Lipinski definition) is 1. The molecule has 0 aliphatic rings. The van der Waals surface area contributed by atoms with Gasteiger partial charge in [-0.25, -0.2) is 13.6 Å². The number of nitrogens with two attached hydrogens (primary N) is 1. The van der Waals surface area contributed by atoms with Crippen molar-refractivity contribution in [3.05, 3.63) is 5.82 Å². The van der Waals surface area contributed by atoms with Gasteiger partial charge in [-0.05, 0) is 11.3 Å². The van der Waals surface area contributed by atoms with Crippen LogP contribution in [0.2, 0.25) is 0 Å². The molecule has 0 amide bonds. The Morgan fingerprint density at radius 1 is 1.35 bits per heavy atom. The van der Waals surface area contributed by atoms with E-state index in [1.165, 1.54) is 4.57 Å². The summed E-state index contributed by atoms with van der Waals surface area (Å²) in [4.78, 5) is 0. The topological polar surface area (TPSA) is 90.9 Å². The van der Waals surface area contributed by atoms with Gasteiger partial charge in [-0.1, -0.05) is 27.7 Å². The van der Waals surface area contributed by atoms with Crippen molar-refractivity contribution in [3.63, 3.8) is 0 Å². The summed E-state index contributed by atoms with van der Waals surface area (Å²) >= 11 is 0. The van der Waals surface area contributed by atoms with E-state index in [1.807, 2.05) is 0 Å². The second-order valence-electron chi connectivity index (χ2n) is 5.47. The largest absolute Gasteiger partial charge is 0.304 e. The third-order valence-electron chi connectivity index (χ3n) is 3.15. The molecule has 1 heterocycles. The third kappa shape index (κ3) is 3.26. The lowest BCUT2D eigenvalue weighted by atomic mass is 9.80. The quantitative estimate of drug-likeness (QED) is 0.865. The average molecular weight is 260 g/mol. The number of sulfonamides is 1. The summed E-state index contributed by atoms with van der Waals surface area (Å²) < 4.78 is 23.9. The van der Waals surface area contributed by atoms with Crippen LogP contribution < -0.4 is 5.14 Å². The molecule has 1 atom stereocenters. The van der Waals surface area contributed by atoms with Gasteiger partial charge in [-0.3, -0.25) is 0 Å². The maximum absolute atomic E-state index is 11.2. The SMILES string of the molecule is CC(Cc1nnc(S(N)(=O)=O)n1C)C(C)(C)C. The standard InChI is InChI=1S/C10H20N4O2S/c1-7(10(2,3)4)6-8-12-13-9(14(8)5)17(11,15)16/h7H,6H2,1-5H3,(H2,11,15,16). The molecule has 0 spiro atoms. The van der Waals surface area contributed by atoms with Gasteiger partial charge in [0.15, 0.2) is 0 Å². The molecule has 6 nitrogen and oxygen atoms in total. The summed E-state index contributed by atoms with van der Waals surface area (Å²) in [6, 6.07) is 0. The summed E-state index contributed by atoms with van der Waals surface area (Å²) in [5, 5.41) is 12.4. The Balaban J connectivity index is 3.00. The van der Waals surface area contributed by atoms with Gasteiger partial charge in [-0.2, -0.15) is 0 Å². The molecule has 0 saturated carbocycles. The molecule has 0 aliphatic carbocycles. The zero-order valence-corrected chi connectivity index (χ0v) is 11.7. The molecule has 0 fully saturated rings. The second-order valence-corrected chi connectivity index (χ2v) is 6.93. The summed E-state index contributed by atoms with van der Waals surface area (Å²) in [6.07, 6.45) is 0.669. The maximum atomic E-state index is 11.2. The highest BCUT2D eigenvalue weighted by Crippen LogP contribution is 2.28. The van der Waals surface area contributed by atoms with Crippen LogP contribution in [0.15, 0.2) is 5.16 Å². The Morgan fingerprint density at radius 2 is 1.88 bits per heavy atom. The van der Waals surface area contributed by atoms with Crippen LogP contribution in [0, 0.1) is 11.3 Å². The minimum atomic E-state index is -3.79. The first-order chi connectivity index (χ1) is 7.53. The van der Waals surface area contributed by atoms with Crippen LogP contribution in [0.3, 0.4) is 0 Å². The van der Waals surface area contributed by atoms with Crippen molar-refractivity contribution < 1.29 is 8.42 Å². The van der Waals surface area contributed by atoms with Gasteiger partial charge in [0, 0.05) is 13.5 Å². The van der Waals surface area contributed by atoms with Crippen molar-refractivity contribution in [1.82, 2.24) is 14.8 Å². The van der Waals surface area contributed by atoms with E-state index in [1.54, 1.807) is 7.05 Å². The van der Waals surface area contributed by atoms with Crippen LogP contribution in [0.4, 0.5) is 0 Å². The van der Waals surface area contributed by atoms with E-state index in [0.717, 1.165) is 0 Å². The van der Waals surface area contributed by atoms with Gasteiger partial charge < -0.3 is 4.57 Å². The highest BCUT2D eigenvalue weighted by Gasteiger charge is 2.24. The van der Waals surface area contributed by atoms with Crippen LogP contribution in [0.25, 0.3) is 0 Å². The number of hydrogen-bond acceptors (Lipinski definition) is 4. The van der Waals surface area contributed by atoms with Gasteiger partial charge >= 0.3 is 0 Å². The number of rotatable bonds is 3. The van der Waals surface area contributed by atoms with E-state index in [9.17, 15) is 8.42 Å². The molecule has 98 valence electrons. The van der Waals surface area contributed by atoms with E-state index in [0.29, 0.717) is 18.2 Å². The lowest BCUT2D eigenvalue weighted by Crippen LogP contribution is -2.22. The van der Waals surface area contributed by atoms with Crippen LogP contribution in [-0.2, 0) is 23.5 Å². The smallest absolute Gasteiger partial charge is 0.273 e. The molecular formula is C10H20N4O2S. The molecule has 0 saturated heterocycles. The molecule has 0 bridgehead atoms. The number of nitrogens with zero attached hydrogens (tertiary/aromatic N) is 3. The van der Waals surface area contributed by atoms with Gasteiger partial charge in [-0.15, -0.1) is 10.2 Å². The zero-order valence-electron chi connectivity index (χ0n) is 10.9. The molecule has 1 unspecified atom stereocenters. The Kier molecular flexibility index (Phi) is 3.63. The lowest BCUT2D eigenvalue weighted by Gasteiger charge is -2.26. The molecular weight excluding hydrogens is 240 g/mol. The van der Waals surface area contributed by atoms with Crippen LogP contribution in [0.5, 0.6) is 0 Å². The van der Waals surface area contributed by atoms with Crippen molar-refractivity contribution in [2.75, 3.05) is 0 Å². The van der Waals surface area contributed by atoms with Crippen LogP contribution >= 0.6 is 0 Å². The first-order valence-corrected chi connectivity index (χ1v) is 6.99. The molecule has 1 aromatic heterocycles. The zero-order chi connectivity index (χ0) is 13.4. The lowest BCUT2D eigenvalue weighted by molar-refractivity contribution is 0.255. The van der Waals surface area contributed by atoms with Crippen LogP contribution in [-0.4, -0.2) is 23.2 Å². The molecule has 2 N–H and O–H groups in total. The van der Waals surface area contributed by atoms with Gasteiger partial charge in [0.05, 0.1) is 0 Å². The summed E-state index contributed by atoms with van der Waals surface area (Å²) in [7, 11) is -2.18. The number of primary sulfonamides is 1. The first kappa shape index (κ1) is 14.1. The molecule has 0 aliphatic heterocycles. The Bertz CT molecular complexity index is 499. The summed E-state index contributed by atoms with van der Waals surface area (Å²) in [6.45, 7) is 8.50. The minimum absolute atomic E-state index is 0.133. The van der Waals surface area contributed by atoms with Crippen molar-refractivity contribution in [3.8, 4) is 0 Å². The average Bonchev–Trinajstić information content (AvgIpc) is 2.45. The van der Waals surface area contributed by atoms with E-state index in [4.69, 9.17) is 5.14 Å². The fourth-order valence-electron chi connectivity index (χ4n) is 1.35. The molecule has 0 aromatic carbocycles. The predicted octanol–water partition coefficient (Wildman–Crippen LogP) is 0.687. The molecule has 1 aromatic rings. The Labute approximate surface area is 102 Å². The fourth-order valence-corrected chi connectivity index (χ4v) is 1.99. The van der Waals surface area contributed by atoms with Gasteiger partial charge in [0.25, 0.3) is 15.2 Å². The Hall–Kier alpha value is -0.950. The minimum Gasteiger partial charge on any atom is -0.304 e. The van der Waals surface area contributed by atoms with Gasteiger partial charge in [0.1, 0.15) is 5.82 Å². The maximum Gasteiger partial charge on any atom is 0.273 e. The van der Waals surface area contributed by atoms with Crippen molar-refractivity contribution in [2.24, 2.45) is 23.5 Å². The summed E-state index contributed by atoms with van der Waals surface area (Å²) in [5.41, 5.74) is 0.133. The first-order valence-electron chi connectivity index (χ1n) is 5.44. The van der Waals surface area contributed by atoms with Crippen molar-refractivity contribution in [2.45, 2.75) is 39.3 Å². The van der Waals surface area contributed by atoms with Crippen LogP contribution in [0.1, 0.15) is 33.5 Å². The monoisotopic (exact) mass is 260 g/mol. The third-order valence-corrected chi connectivity index (χ3v) is 4.01. The van der Waals surface area contributed by atoms with Crippen molar-refractivity contribution >= 4 is 10.0 Å². The predicted molar refractivity (Wildman–Crippen MR) is 64.7 cm³/mol. The van der Waals surface area contributed by atoms with E-state index in [2.05, 4.69) is 37.9 Å². The Morgan fingerprint density at radius 3 is 2.24 bits per heavy atom. The molecule has 17 heavy (non-hydrogen) atoms.